The van der Waals surface area contributed by atoms with Crippen LogP contribution >= 0.6 is 11.3 Å². The maximum atomic E-state index is 11.4. The number of carboxylic acid groups (broad SMARTS) is 1. The summed E-state index contributed by atoms with van der Waals surface area (Å²) in [7, 11) is 1.18. The molecular weight excluding hydrogens is 218 g/mol. The molecule has 5 nitrogen and oxygen atoms in total. The number of ether oxygens (including phenoxy) is 1. The molecule has 1 unspecified atom stereocenters. The highest BCUT2D eigenvalue weighted by Gasteiger charge is 2.43. The van der Waals surface area contributed by atoms with E-state index in [1.807, 2.05) is 0 Å². The molecule has 0 amide bonds. The highest BCUT2D eigenvalue weighted by Crippen LogP contribution is 2.26. The van der Waals surface area contributed by atoms with Crippen LogP contribution in [0.25, 0.3) is 0 Å². The molecule has 0 spiro atoms. The molecular formula is C9H11NO4S. The van der Waals surface area contributed by atoms with Crippen molar-refractivity contribution in [2.24, 2.45) is 5.41 Å². The van der Waals surface area contributed by atoms with Gasteiger partial charge in [-0.15, -0.1) is 11.3 Å². The van der Waals surface area contributed by atoms with Gasteiger partial charge in [0.2, 0.25) is 0 Å². The van der Waals surface area contributed by atoms with Crippen molar-refractivity contribution in [1.29, 1.82) is 0 Å². The molecule has 1 aromatic heterocycles. The Balaban J connectivity index is 2.92. The molecule has 15 heavy (non-hydrogen) atoms. The molecule has 6 heteroatoms. The minimum Gasteiger partial charge on any atom is -0.480 e. The third-order valence-electron chi connectivity index (χ3n) is 2.12. The quantitative estimate of drug-likeness (QED) is 0.614. The molecule has 1 aromatic rings. The van der Waals surface area contributed by atoms with Crippen LogP contribution in [0.5, 0.6) is 0 Å². The Bertz CT molecular complexity index is 362. The second kappa shape index (κ2) is 4.39. The third-order valence-corrected chi connectivity index (χ3v) is 2.90. The number of thiazole rings is 1. The summed E-state index contributed by atoms with van der Waals surface area (Å²) in [5.41, 5.74) is 0.0518. The summed E-state index contributed by atoms with van der Waals surface area (Å²) >= 11 is 1.31. The molecule has 0 bridgehead atoms. The molecule has 0 aliphatic carbocycles. The number of esters is 1. The van der Waals surface area contributed by atoms with Crippen molar-refractivity contribution in [2.45, 2.75) is 13.3 Å². The molecule has 0 radical (unpaired) electrons. The van der Waals surface area contributed by atoms with E-state index in [2.05, 4.69) is 9.72 Å². The van der Waals surface area contributed by atoms with Crippen LogP contribution in [0.3, 0.4) is 0 Å². The van der Waals surface area contributed by atoms with Gasteiger partial charge in [0.05, 0.1) is 12.6 Å². The van der Waals surface area contributed by atoms with Gasteiger partial charge in [-0.05, 0) is 6.92 Å². The molecule has 1 rings (SSSR count). The normalized spacial score (nSPS) is 14.3. The average Bonchev–Trinajstić information content (AvgIpc) is 2.68. The fraction of sp³-hybridized carbons (Fsp3) is 0.444. The second-order valence-electron chi connectivity index (χ2n) is 3.27. The van der Waals surface area contributed by atoms with E-state index in [4.69, 9.17) is 5.11 Å². The van der Waals surface area contributed by atoms with Crippen LogP contribution in [0.15, 0.2) is 11.7 Å². The Morgan fingerprint density at radius 2 is 2.33 bits per heavy atom. The van der Waals surface area contributed by atoms with Gasteiger partial charge in [0.25, 0.3) is 0 Å². The summed E-state index contributed by atoms with van der Waals surface area (Å²) in [6, 6.07) is 0. The lowest BCUT2D eigenvalue weighted by molar-refractivity contribution is -0.165. The van der Waals surface area contributed by atoms with Gasteiger partial charge < -0.3 is 9.84 Å². The van der Waals surface area contributed by atoms with E-state index in [0.29, 0.717) is 0 Å². The molecule has 0 saturated heterocycles. The molecule has 0 fully saturated rings. The highest BCUT2D eigenvalue weighted by molar-refractivity contribution is 7.09. The number of rotatable bonds is 4. The van der Waals surface area contributed by atoms with Crippen LogP contribution in [-0.2, 0) is 20.7 Å². The summed E-state index contributed by atoms with van der Waals surface area (Å²) in [5.74, 6) is -1.94. The van der Waals surface area contributed by atoms with Crippen LogP contribution in [0.2, 0.25) is 0 Å². The standard InChI is InChI=1S/C9H11NO4S/c1-9(7(11)12,8(13)14-2)3-6-4-10-5-15-6/h4-5H,3H2,1-2H3,(H,11,12). The molecule has 0 aliphatic rings. The lowest BCUT2D eigenvalue weighted by Crippen LogP contribution is -2.39. The van der Waals surface area contributed by atoms with Gasteiger partial charge in [-0.1, -0.05) is 0 Å². The number of hydrogen-bond acceptors (Lipinski definition) is 5. The zero-order valence-electron chi connectivity index (χ0n) is 8.39. The zero-order valence-corrected chi connectivity index (χ0v) is 9.21. The van der Waals surface area contributed by atoms with Gasteiger partial charge in [-0.3, -0.25) is 14.6 Å². The maximum Gasteiger partial charge on any atom is 0.323 e. The predicted molar refractivity (Wildman–Crippen MR) is 53.6 cm³/mol. The van der Waals surface area contributed by atoms with Crippen LogP contribution in [0, 0.1) is 5.41 Å². The minimum absolute atomic E-state index is 0.0969. The molecule has 1 heterocycles. The number of methoxy groups -OCH3 is 1. The highest BCUT2D eigenvalue weighted by atomic mass is 32.1. The number of nitrogens with zero attached hydrogens (tertiary/aromatic N) is 1. The van der Waals surface area contributed by atoms with Crippen molar-refractivity contribution in [1.82, 2.24) is 4.98 Å². The number of carbonyl (C=O) groups excluding carboxylic acids is 1. The van der Waals surface area contributed by atoms with Gasteiger partial charge in [0, 0.05) is 17.5 Å². The van der Waals surface area contributed by atoms with Crippen LogP contribution in [0.4, 0.5) is 0 Å². The predicted octanol–water partition coefficient (Wildman–Crippen LogP) is 0.950. The Morgan fingerprint density at radius 1 is 1.67 bits per heavy atom. The van der Waals surface area contributed by atoms with E-state index < -0.39 is 17.4 Å². The third kappa shape index (κ3) is 2.33. The lowest BCUT2D eigenvalue weighted by atomic mass is 9.86. The molecule has 0 aromatic carbocycles. The van der Waals surface area contributed by atoms with Gasteiger partial charge in [-0.25, -0.2) is 0 Å². The Kier molecular flexibility index (Phi) is 3.41. The fourth-order valence-electron chi connectivity index (χ4n) is 1.14. The summed E-state index contributed by atoms with van der Waals surface area (Å²) in [6.45, 7) is 1.35. The van der Waals surface area contributed by atoms with Gasteiger partial charge in [0.15, 0.2) is 5.41 Å². The molecule has 0 saturated carbocycles. The number of aromatic nitrogens is 1. The first-order valence-corrected chi connectivity index (χ1v) is 5.08. The van der Waals surface area contributed by atoms with E-state index in [1.165, 1.54) is 25.4 Å². The van der Waals surface area contributed by atoms with Crippen molar-refractivity contribution in [2.75, 3.05) is 7.11 Å². The first-order chi connectivity index (χ1) is 7.00. The van der Waals surface area contributed by atoms with Crippen molar-refractivity contribution < 1.29 is 19.4 Å². The SMILES string of the molecule is COC(=O)C(C)(Cc1cncs1)C(=O)O. The largest absolute Gasteiger partial charge is 0.480 e. The number of carbonyl (C=O) groups is 2. The van der Waals surface area contributed by atoms with Crippen LogP contribution in [0.1, 0.15) is 11.8 Å². The molecule has 1 N–H and O–H groups in total. The van der Waals surface area contributed by atoms with Crippen molar-refractivity contribution in [3.8, 4) is 0 Å². The Morgan fingerprint density at radius 3 is 2.73 bits per heavy atom. The monoisotopic (exact) mass is 229 g/mol. The van der Waals surface area contributed by atoms with Gasteiger partial charge in [-0.2, -0.15) is 0 Å². The lowest BCUT2D eigenvalue weighted by Gasteiger charge is -2.20. The van der Waals surface area contributed by atoms with Crippen LogP contribution < -0.4 is 0 Å². The molecule has 1 atom stereocenters. The van der Waals surface area contributed by atoms with Gasteiger partial charge in [0.1, 0.15) is 0 Å². The van der Waals surface area contributed by atoms with Crippen molar-refractivity contribution in [3.63, 3.8) is 0 Å². The van der Waals surface area contributed by atoms with Gasteiger partial charge >= 0.3 is 11.9 Å². The Hall–Kier alpha value is -1.43. The smallest absolute Gasteiger partial charge is 0.323 e. The summed E-state index contributed by atoms with van der Waals surface area (Å²) in [5, 5.41) is 9.02. The van der Waals surface area contributed by atoms with E-state index in [0.717, 1.165) is 4.88 Å². The van der Waals surface area contributed by atoms with Crippen molar-refractivity contribution >= 4 is 23.3 Å². The maximum absolute atomic E-state index is 11.4. The van der Waals surface area contributed by atoms with E-state index >= 15 is 0 Å². The second-order valence-corrected chi connectivity index (χ2v) is 4.24. The van der Waals surface area contributed by atoms with E-state index in [1.54, 1.807) is 11.7 Å². The molecule has 0 aliphatic heterocycles. The Labute approximate surface area is 90.7 Å². The first kappa shape index (κ1) is 11.6. The summed E-state index contributed by atoms with van der Waals surface area (Å²) in [6.07, 6.45) is 1.65. The fourth-order valence-corrected chi connectivity index (χ4v) is 1.89. The van der Waals surface area contributed by atoms with Crippen molar-refractivity contribution in [3.05, 3.63) is 16.6 Å². The minimum atomic E-state index is -1.54. The summed E-state index contributed by atoms with van der Waals surface area (Å²) < 4.78 is 4.49. The topological polar surface area (TPSA) is 76.5 Å². The summed E-state index contributed by atoms with van der Waals surface area (Å²) in [4.78, 5) is 27.0. The average molecular weight is 229 g/mol. The zero-order chi connectivity index (χ0) is 11.5. The molecule has 82 valence electrons. The van der Waals surface area contributed by atoms with E-state index in [-0.39, 0.29) is 6.42 Å². The first-order valence-electron chi connectivity index (χ1n) is 4.20. The van der Waals surface area contributed by atoms with E-state index in [9.17, 15) is 9.59 Å². The number of hydrogen-bond donors (Lipinski definition) is 1. The number of carboxylic acids is 1. The van der Waals surface area contributed by atoms with Crippen LogP contribution in [-0.4, -0.2) is 29.1 Å². The number of aliphatic carboxylic acids is 1.